The molecule has 1 aromatic carbocycles. The van der Waals surface area contributed by atoms with Crippen molar-refractivity contribution in [2.75, 3.05) is 0 Å². The zero-order valence-corrected chi connectivity index (χ0v) is 9.29. The maximum absolute atomic E-state index is 5.51. The number of hydrogen-bond acceptors (Lipinski definition) is 1. The molecule has 0 spiro atoms. The van der Waals surface area contributed by atoms with E-state index in [9.17, 15) is 0 Å². The summed E-state index contributed by atoms with van der Waals surface area (Å²) < 4.78 is 5.51. The largest absolute Gasteiger partial charge is 0.464 e. The predicted octanol–water partition coefficient (Wildman–Crippen LogP) is 2.98. The van der Waals surface area contributed by atoms with Crippen LogP contribution in [0.3, 0.4) is 0 Å². The summed E-state index contributed by atoms with van der Waals surface area (Å²) in [5, 5.41) is 2.71. The summed E-state index contributed by atoms with van der Waals surface area (Å²) in [7, 11) is -1.24. The van der Waals surface area contributed by atoms with Gasteiger partial charge in [0.2, 0.25) is 0 Å². The standard InChI is InChI=1S/C11H14OSi/c1-13(2,3)11-8-12-10-7-5-4-6-9(10)11/h4-8H,1-3H3. The molecule has 0 fully saturated rings. The minimum Gasteiger partial charge on any atom is -0.464 e. The normalized spacial score (nSPS) is 12.2. The molecule has 0 amide bonds. The average Bonchev–Trinajstić information content (AvgIpc) is 2.45. The topological polar surface area (TPSA) is 13.1 Å². The summed E-state index contributed by atoms with van der Waals surface area (Å²) in [5.41, 5.74) is 1.01. The Kier molecular flexibility index (Phi) is 1.80. The fraction of sp³-hybridized carbons (Fsp3) is 0.273. The van der Waals surface area contributed by atoms with Crippen molar-refractivity contribution in [1.29, 1.82) is 0 Å². The maximum atomic E-state index is 5.51. The SMILES string of the molecule is C[Si](C)(C)c1coc2ccccc12. The van der Waals surface area contributed by atoms with Gasteiger partial charge in [-0.1, -0.05) is 37.8 Å². The van der Waals surface area contributed by atoms with Crippen LogP contribution in [0.5, 0.6) is 0 Å². The predicted molar refractivity (Wildman–Crippen MR) is 59.2 cm³/mol. The van der Waals surface area contributed by atoms with Crippen LogP contribution in [0.15, 0.2) is 34.9 Å². The lowest BCUT2D eigenvalue weighted by Crippen LogP contribution is -2.36. The molecule has 0 saturated carbocycles. The van der Waals surface area contributed by atoms with E-state index in [1.165, 1.54) is 10.6 Å². The van der Waals surface area contributed by atoms with E-state index in [4.69, 9.17) is 4.42 Å². The monoisotopic (exact) mass is 190 g/mol. The van der Waals surface area contributed by atoms with Crippen molar-refractivity contribution in [3.05, 3.63) is 30.5 Å². The van der Waals surface area contributed by atoms with E-state index in [1.807, 2.05) is 18.4 Å². The van der Waals surface area contributed by atoms with Crippen molar-refractivity contribution in [2.45, 2.75) is 19.6 Å². The Bertz CT molecular complexity index is 423. The van der Waals surface area contributed by atoms with Crippen molar-refractivity contribution >= 4 is 24.2 Å². The molecule has 1 nitrogen and oxygen atoms in total. The summed E-state index contributed by atoms with van der Waals surface area (Å²) >= 11 is 0. The Balaban J connectivity index is 2.72. The molecule has 2 heteroatoms. The first-order valence-corrected chi connectivity index (χ1v) is 8.06. The number of hydrogen-bond donors (Lipinski definition) is 0. The van der Waals surface area contributed by atoms with Crippen molar-refractivity contribution in [1.82, 2.24) is 0 Å². The van der Waals surface area contributed by atoms with E-state index in [0.717, 1.165) is 5.58 Å². The molecule has 0 N–H and O–H groups in total. The summed E-state index contributed by atoms with van der Waals surface area (Å²) in [4.78, 5) is 0. The molecule has 0 radical (unpaired) electrons. The highest BCUT2D eigenvalue weighted by molar-refractivity contribution is 6.90. The van der Waals surface area contributed by atoms with Crippen LogP contribution in [0.2, 0.25) is 19.6 Å². The molecular formula is C11H14OSi. The Labute approximate surface area is 79.4 Å². The van der Waals surface area contributed by atoms with Gasteiger partial charge in [0.15, 0.2) is 0 Å². The molecule has 2 rings (SSSR count). The Morgan fingerprint density at radius 3 is 2.46 bits per heavy atom. The molecule has 0 saturated heterocycles. The highest BCUT2D eigenvalue weighted by Gasteiger charge is 2.20. The van der Waals surface area contributed by atoms with Gasteiger partial charge in [-0.05, 0) is 11.3 Å². The number of rotatable bonds is 1. The van der Waals surface area contributed by atoms with Gasteiger partial charge in [-0.25, -0.2) is 0 Å². The van der Waals surface area contributed by atoms with Crippen molar-refractivity contribution in [3.63, 3.8) is 0 Å². The second-order valence-electron chi connectivity index (χ2n) is 4.40. The molecule has 0 aliphatic heterocycles. The van der Waals surface area contributed by atoms with Crippen LogP contribution >= 0.6 is 0 Å². The third kappa shape index (κ3) is 1.42. The Morgan fingerprint density at radius 1 is 1.08 bits per heavy atom. The van der Waals surface area contributed by atoms with Crippen LogP contribution in [-0.4, -0.2) is 8.07 Å². The number of para-hydroxylation sites is 1. The van der Waals surface area contributed by atoms with Crippen LogP contribution in [0.1, 0.15) is 0 Å². The van der Waals surface area contributed by atoms with Gasteiger partial charge in [-0.3, -0.25) is 0 Å². The van der Waals surface area contributed by atoms with Gasteiger partial charge in [0.05, 0.1) is 14.3 Å². The Hall–Kier alpha value is -1.02. The molecule has 0 aliphatic carbocycles. The van der Waals surface area contributed by atoms with Crippen molar-refractivity contribution in [2.24, 2.45) is 0 Å². The summed E-state index contributed by atoms with van der Waals surface area (Å²) in [6, 6.07) is 8.26. The second-order valence-corrected chi connectivity index (χ2v) is 9.43. The first-order valence-electron chi connectivity index (χ1n) is 4.56. The van der Waals surface area contributed by atoms with Gasteiger partial charge >= 0.3 is 0 Å². The molecule has 2 aromatic rings. The smallest absolute Gasteiger partial charge is 0.133 e. The molecule has 0 unspecified atom stereocenters. The van der Waals surface area contributed by atoms with Gasteiger partial charge in [0, 0.05) is 5.39 Å². The number of furan rings is 1. The van der Waals surface area contributed by atoms with Crippen LogP contribution in [0.25, 0.3) is 11.0 Å². The zero-order chi connectivity index (χ0) is 9.47. The third-order valence-corrected chi connectivity index (χ3v) is 4.29. The highest BCUT2D eigenvalue weighted by Crippen LogP contribution is 2.16. The summed E-state index contributed by atoms with van der Waals surface area (Å²) in [6.07, 6.45) is 1.93. The van der Waals surface area contributed by atoms with Crippen molar-refractivity contribution < 1.29 is 4.42 Å². The molecule has 0 bridgehead atoms. The average molecular weight is 190 g/mol. The molecule has 13 heavy (non-hydrogen) atoms. The lowest BCUT2D eigenvalue weighted by molar-refractivity contribution is 0.618. The highest BCUT2D eigenvalue weighted by atomic mass is 28.3. The van der Waals surface area contributed by atoms with E-state index < -0.39 is 8.07 Å². The third-order valence-electron chi connectivity index (χ3n) is 2.29. The van der Waals surface area contributed by atoms with Gasteiger partial charge in [-0.2, -0.15) is 0 Å². The fourth-order valence-electron chi connectivity index (χ4n) is 1.56. The lowest BCUT2D eigenvalue weighted by Gasteiger charge is -2.13. The molecule has 0 atom stereocenters. The van der Waals surface area contributed by atoms with E-state index in [0.29, 0.717) is 0 Å². The van der Waals surface area contributed by atoms with Gasteiger partial charge in [0.25, 0.3) is 0 Å². The molecule has 1 aromatic heterocycles. The van der Waals surface area contributed by atoms with E-state index in [-0.39, 0.29) is 0 Å². The van der Waals surface area contributed by atoms with Crippen molar-refractivity contribution in [3.8, 4) is 0 Å². The maximum Gasteiger partial charge on any atom is 0.133 e. The van der Waals surface area contributed by atoms with Gasteiger partial charge in [-0.15, -0.1) is 0 Å². The molecule has 1 heterocycles. The molecular weight excluding hydrogens is 176 g/mol. The summed E-state index contributed by atoms with van der Waals surface area (Å²) in [6.45, 7) is 7.01. The minimum atomic E-state index is -1.24. The van der Waals surface area contributed by atoms with Gasteiger partial charge in [0.1, 0.15) is 5.58 Å². The van der Waals surface area contributed by atoms with E-state index in [1.54, 1.807) is 0 Å². The Morgan fingerprint density at radius 2 is 1.77 bits per heavy atom. The quantitative estimate of drug-likeness (QED) is 0.630. The van der Waals surface area contributed by atoms with E-state index >= 15 is 0 Å². The second kappa shape index (κ2) is 2.74. The minimum absolute atomic E-state index is 1.01. The first kappa shape index (κ1) is 8.57. The number of benzene rings is 1. The molecule has 68 valence electrons. The van der Waals surface area contributed by atoms with Gasteiger partial charge < -0.3 is 4.42 Å². The van der Waals surface area contributed by atoms with Crippen LogP contribution in [0, 0.1) is 0 Å². The zero-order valence-electron chi connectivity index (χ0n) is 8.29. The lowest BCUT2D eigenvalue weighted by atomic mass is 10.3. The van der Waals surface area contributed by atoms with Crippen LogP contribution in [-0.2, 0) is 0 Å². The van der Waals surface area contributed by atoms with E-state index in [2.05, 4.69) is 31.8 Å². The summed E-state index contributed by atoms with van der Waals surface area (Å²) in [5.74, 6) is 0. The first-order chi connectivity index (χ1) is 6.09. The van der Waals surface area contributed by atoms with Crippen LogP contribution < -0.4 is 5.19 Å². The number of fused-ring (bicyclic) bond motifs is 1. The fourth-order valence-corrected chi connectivity index (χ4v) is 2.99. The van der Waals surface area contributed by atoms with Crippen LogP contribution in [0.4, 0.5) is 0 Å². The molecule has 0 aliphatic rings.